The highest BCUT2D eigenvalue weighted by atomic mass is 16.3. The number of aryl methyl sites for hydroxylation is 1. The Morgan fingerprint density at radius 3 is 2.64 bits per heavy atom. The molecule has 1 aromatic rings. The molecule has 8 nitrogen and oxygen atoms in total. The summed E-state index contributed by atoms with van der Waals surface area (Å²) in [6.45, 7) is 1.80. The van der Waals surface area contributed by atoms with Crippen LogP contribution >= 0.6 is 0 Å². The first-order valence-electron chi connectivity index (χ1n) is 10.5. The molecular weight excluding hydrogens is 358 g/mol. The molecule has 0 aromatic carbocycles. The molecule has 28 heavy (non-hydrogen) atoms. The van der Waals surface area contributed by atoms with Crippen LogP contribution in [0.15, 0.2) is 12.3 Å². The third-order valence-corrected chi connectivity index (χ3v) is 6.69. The summed E-state index contributed by atoms with van der Waals surface area (Å²) in [4.78, 5) is 30.3. The molecule has 2 aliphatic heterocycles. The fourth-order valence-electron chi connectivity index (χ4n) is 5.26. The van der Waals surface area contributed by atoms with Crippen LogP contribution in [0, 0.1) is 0 Å². The molecule has 4 rings (SSSR count). The Hall–Kier alpha value is -1.93. The second kappa shape index (κ2) is 7.83. The van der Waals surface area contributed by atoms with Crippen molar-refractivity contribution in [1.29, 1.82) is 0 Å². The van der Waals surface area contributed by atoms with Gasteiger partial charge in [0.15, 0.2) is 5.82 Å². The minimum atomic E-state index is -0.532. The van der Waals surface area contributed by atoms with E-state index < -0.39 is 5.54 Å². The molecule has 0 bridgehead atoms. The molecule has 2 amide bonds. The van der Waals surface area contributed by atoms with E-state index in [0.29, 0.717) is 5.82 Å². The number of hydrogen-bond donors (Lipinski definition) is 2. The van der Waals surface area contributed by atoms with Gasteiger partial charge in [0.1, 0.15) is 5.54 Å². The maximum Gasteiger partial charge on any atom is 0.243 e. The summed E-state index contributed by atoms with van der Waals surface area (Å²) in [5.41, 5.74) is -0.532. The molecule has 3 heterocycles. The Morgan fingerprint density at radius 2 is 1.96 bits per heavy atom. The number of piperidine rings is 1. The van der Waals surface area contributed by atoms with Crippen LogP contribution in [0.2, 0.25) is 0 Å². The van der Waals surface area contributed by atoms with Crippen molar-refractivity contribution >= 4 is 17.6 Å². The maximum atomic E-state index is 13.6. The topological polar surface area (TPSA) is 90.7 Å². The first-order valence-corrected chi connectivity index (χ1v) is 10.5. The van der Waals surface area contributed by atoms with E-state index in [4.69, 9.17) is 0 Å². The SMILES string of the molecule is Cn1ccc(NC(=O)CN2CCCC23CCCN(C2CCC(O)CC2)C3=O)n1. The Bertz CT molecular complexity index is 727. The lowest BCUT2D eigenvalue weighted by Crippen LogP contribution is -2.63. The Labute approximate surface area is 165 Å². The average Bonchev–Trinajstić information content (AvgIpc) is 3.25. The summed E-state index contributed by atoms with van der Waals surface area (Å²) in [6, 6.07) is 2.00. The lowest BCUT2D eigenvalue weighted by Gasteiger charge is -2.48. The molecule has 3 fully saturated rings. The lowest BCUT2D eigenvalue weighted by molar-refractivity contribution is -0.152. The van der Waals surface area contributed by atoms with Crippen LogP contribution < -0.4 is 5.32 Å². The number of carbonyl (C=O) groups excluding carboxylic acids is 2. The highest BCUT2D eigenvalue weighted by Crippen LogP contribution is 2.40. The van der Waals surface area contributed by atoms with E-state index in [0.717, 1.165) is 64.5 Å². The van der Waals surface area contributed by atoms with Crippen LogP contribution in [0.4, 0.5) is 5.82 Å². The van der Waals surface area contributed by atoms with Crippen LogP contribution in [-0.2, 0) is 16.6 Å². The van der Waals surface area contributed by atoms with Gasteiger partial charge in [0, 0.05) is 31.9 Å². The Balaban J connectivity index is 1.44. The molecule has 1 aliphatic carbocycles. The molecular formula is C20H31N5O3. The summed E-state index contributed by atoms with van der Waals surface area (Å²) in [7, 11) is 1.81. The standard InChI is InChI=1S/C20H31N5O3/c1-23-13-8-17(22-23)21-18(27)14-24-11-2-9-20(24)10-3-12-25(19(20)28)15-4-6-16(26)7-5-15/h8,13,15-16,26H,2-7,9-12,14H2,1H3,(H,21,22,27). The molecule has 1 atom stereocenters. The van der Waals surface area contributed by atoms with Crippen LogP contribution in [0.3, 0.4) is 0 Å². The van der Waals surface area contributed by atoms with E-state index in [-0.39, 0.29) is 30.5 Å². The van der Waals surface area contributed by atoms with Gasteiger partial charge in [-0.25, -0.2) is 0 Å². The third-order valence-electron chi connectivity index (χ3n) is 6.69. The molecule has 2 saturated heterocycles. The van der Waals surface area contributed by atoms with E-state index in [1.165, 1.54) is 0 Å². The fraction of sp³-hybridized carbons (Fsp3) is 0.750. The van der Waals surface area contributed by atoms with Gasteiger partial charge >= 0.3 is 0 Å². The number of hydrogen-bond acceptors (Lipinski definition) is 5. The second-order valence-electron chi connectivity index (χ2n) is 8.54. The van der Waals surface area contributed by atoms with Crippen molar-refractivity contribution in [3.05, 3.63) is 12.3 Å². The number of rotatable bonds is 4. The molecule has 154 valence electrons. The molecule has 1 saturated carbocycles. The predicted molar refractivity (Wildman–Crippen MR) is 105 cm³/mol. The quantitative estimate of drug-likeness (QED) is 0.805. The van der Waals surface area contributed by atoms with E-state index in [2.05, 4.69) is 20.2 Å². The summed E-state index contributed by atoms with van der Waals surface area (Å²) >= 11 is 0. The van der Waals surface area contributed by atoms with E-state index in [9.17, 15) is 14.7 Å². The van der Waals surface area contributed by atoms with Gasteiger partial charge in [-0.2, -0.15) is 5.10 Å². The van der Waals surface area contributed by atoms with E-state index >= 15 is 0 Å². The Kier molecular flexibility index (Phi) is 5.42. The van der Waals surface area contributed by atoms with Gasteiger partial charge in [-0.05, 0) is 57.9 Å². The molecule has 1 aromatic heterocycles. The smallest absolute Gasteiger partial charge is 0.243 e. The number of aliphatic hydroxyl groups is 1. The highest BCUT2D eigenvalue weighted by Gasteiger charge is 2.52. The minimum Gasteiger partial charge on any atom is -0.393 e. The number of nitrogens with zero attached hydrogens (tertiary/aromatic N) is 4. The molecule has 1 unspecified atom stereocenters. The summed E-state index contributed by atoms with van der Waals surface area (Å²) < 4.78 is 1.65. The fourth-order valence-corrected chi connectivity index (χ4v) is 5.26. The van der Waals surface area contributed by atoms with Crippen molar-refractivity contribution in [1.82, 2.24) is 19.6 Å². The lowest BCUT2D eigenvalue weighted by atomic mass is 9.82. The number of aromatic nitrogens is 2. The third kappa shape index (κ3) is 3.67. The zero-order valence-corrected chi connectivity index (χ0v) is 16.6. The van der Waals surface area contributed by atoms with Gasteiger partial charge in [0.05, 0.1) is 12.6 Å². The number of amides is 2. The molecule has 2 N–H and O–H groups in total. The molecule has 1 spiro atoms. The van der Waals surface area contributed by atoms with Crippen LogP contribution in [0.5, 0.6) is 0 Å². The normalized spacial score (nSPS) is 31.5. The van der Waals surface area contributed by atoms with Gasteiger partial charge in [0.25, 0.3) is 0 Å². The average molecular weight is 390 g/mol. The summed E-state index contributed by atoms with van der Waals surface area (Å²) in [5.74, 6) is 0.618. The van der Waals surface area contributed by atoms with Gasteiger partial charge in [-0.3, -0.25) is 19.2 Å². The van der Waals surface area contributed by atoms with Crippen LogP contribution in [-0.4, -0.2) is 73.8 Å². The van der Waals surface area contributed by atoms with E-state index in [1.54, 1.807) is 16.9 Å². The zero-order valence-electron chi connectivity index (χ0n) is 16.6. The second-order valence-corrected chi connectivity index (χ2v) is 8.54. The number of carbonyl (C=O) groups is 2. The van der Waals surface area contributed by atoms with Crippen molar-refractivity contribution in [2.24, 2.45) is 7.05 Å². The summed E-state index contributed by atoms with van der Waals surface area (Å²) in [6.07, 6.45) is 8.45. The number of likely N-dealkylation sites (tertiary alicyclic amines) is 2. The number of aliphatic hydroxyl groups excluding tert-OH is 1. The van der Waals surface area contributed by atoms with Crippen molar-refractivity contribution in [2.75, 3.05) is 25.0 Å². The molecule has 0 radical (unpaired) electrons. The monoisotopic (exact) mass is 389 g/mol. The van der Waals surface area contributed by atoms with Crippen molar-refractivity contribution in [2.45, 2.75) is 69.1 Å². The summed E-state index contributed by atoms with van der Waals surface area (Å²) in [5, 5.41) is 16.8. The van der Waals surface area contributed by atoms with Crippen LogP contribution in [0.25, 0.3) is 0 Å². The molecule has 8 heteroatoms. The van der Waals surface area contributed by atoms with Crippen molar-refractivity contribution < 1.29 is 14.7 Å². The predicted octanol–water partition coefficient (Wildman–Crippen LogP) is 1.12. The zero-order chi connectivity index (χ0) is 19.7. The van der Waals surface area contributed by atoms with Gasteiger partial charge < -0.3 is 15.3 Å². The first-order chi connectivity index (χ1) is 13.5. The van der Waals surface area contributed by atoms with Gasteiger partial charge in [0.2, 0.25) is 11.8 Å². The van der Waals surface area contributed by atoms with Crippen molar-refractivity contribution in [3.63, 3.8) is 0 Å². The molecule has 3 aliphatic rings. The van der Waals surface area contributed by atoms with Gasteiger partial charge in [-0.1, -0.05) is 0 Å². The van der Waals surface area contributed by atoms with Gasteiger partial charge in [-0.15, -0.1) is 0 Å². The van der Waals surface area contributed by atoms with E-state index in [1.807, 2.05) is 7.05 Å². The number of nitrogens with one attached hydrogen (secondary N) is 1. The highest BCUT2D eigenvalue weighted by molar-refractivity contribution is 5.93. The minimum absolute atomic E-state index is 0.120. The van der Waals surface area contributed by atoms with Crippen molar-refractivity contribution in [3.8, 4) is 0 Å². The van der Waals surface area contributed by atoms with Crippen LogP contribution in [0.1, 0.15) is 51.4 Å². The number of anilines is 1. The largest absolute Gasteiger partial charge is 0.393 e. The first kappa shape index (κ1) is 19.4. The maximum absolute atomic E-state index is 13.6. The Morgan fingerprint density at radius 1 is 1.25 bits per heavy atom.